The molecule has 0 saturated heterocycles. The third-order valence-electron chi connectivity index (χ3n) is 3.70. The van der Waals surface area contributed by atoms with Gasteiger partial charge in [-0.15, -0.1) is 0 Å². The second kappa shape index (κ2) is 7.17. The fourth-order valence-electron chi connectivity index (χ4n) is 2.37. The smallest absolute Gasteiger partial charge is 0.347 e. The van der Waals surface area contributed by atoms with Crippen LogP contribution in [0, 0.1) is 0 Å². The molecule has 0 amide bonds. The first kappa shape index (κ1) is 16.7. The van der Waals surface area contributed by atoms with Gasteiger partial charge in [0.15, 0.2) is 18.0 Å². The number of H-pyrrole nitrogens is 1. The molecule has 2 atom stereocenters. The zero-order valence-electron chi connectivity index (χ0n) is 13.9. The summed E-state index contributed by atoms with van der Waals surface area (Å²) in [5.74, 6) is 0.341. The van der Waals surface area contributed by atoms with Gasteiger partial charge in [-0.1, -0.05) is 30.3 Å². The summed E-state index contributed by atoms with van der Waals surface area (Å²) in [6.45, 7) is 3.26. The molecule has 0 unspecified atom stereocenters. The molecule has 6 heteroatoms. The SMILES string of the molecule is C[C@H](Oc1ccccc1)C(=O)O[C@H](C)c1nc2ccccc2c(=O)[nH]1. The Labute approximate surface area is 144 Å². The fourth-order valence-corrected chi connectivity index (χ4v) is 2.37. The minimum atomic E-state index is -0.781. The lowest BCUT2D eigenvalue weighted by Crippen LogP contribution is -2.28. The quantitative estimate of drug-likeness (QED) is 0.723. The molecule has 1 N–H and O–H groups in total. The van der Waals surface area contributed by atoms with E-state index in [1.54, 1.807) is 50.2 Å². The molecule has 1 aromatic heterocycles. The molecule has 1 heterocycles. The van der Waals surface area contributed by atoms with Crippen molar-refractivity contribution in [2.24, 2.45) is 0 Å². The fraction of sp³-hybridized carbons (Fsp3) is 0.211. The zero-order valence-corrected chi connectivity index (χ0v) is 13.9. The monoisotopic (exact) mass is 338 g/mol. The van der Waals surface area contributed by atoms with E-state index in [4.69, 9.17) is 9.47 Å². The van der Waals surface area contributed by atoms with E-state index in [1.165, 1.54) is 0 Å². The number of para-hydroxylation sites is 2. The molecule has 0 aliphatic carbocycles. The molecule has 0 saturated carbocycles. The highest BCUT2D eigenvalue weighted by molar-refractivity contribution is 5.77. The summed E-state index contributed by atoms with van der Waals surface area (Å²) in [6, 6.07) is 16.0. The number of rotatable bonds is 5. The van der Waals surface area contributed by atoms with Gasteiger partial charge in [-0.05, 0) is 38.1 Å². The molecule has 3 rings (SSSR count). The molecule has 0 aliphatic rings. The molecular weight excluding hydrogens is 320 g/mol. The van der Waals surface area contributed by atoms with Crippen LogP contribution in [-0.4, -0.2) is 22.0 Å². The normalized spacial score (nSPS) is 13.2. The van der Waals surface area contributed by atoms with E-state index in [-0.39, 0.29) is 5.56 Å². The van der Waals surface area contributed by atoms with Crippen LogP contribution in [0.1, 0.15) is 25.8 Å². The number of aromatic nitrogens is 2. The maximum Gasteiger partial charge on any atom is 0.347 e. The lowest BCUT2D eigenvalue weighted by atomic mass is 10.2. The van der Waals surface area contributed by atoms with Crippen molar-refractivity contribution in [1.29, 1.82) is 0 Å². The van der Waals surface area contributed by atoms with Crippen molar-refractivity contribution in [2.45, 2.75) is 26.1 Å². The average molecular weight is 338 g/mol. The Morgan fingerprint density at radius 1 is 1.04 bits per heavy atom. The third-order valence-corrected chi connectivity index (χ3v) is 3.70. The first-order valence-electron chi connectivity index (χ1n) is 7.96. The lowest BCUT2D eigenvalue weighted by molar-refractivity contribution is -0.156. The number of esters is 1. The largest absolute Gasteiger partial charge is 0.479 e. The first-order valence-corrected chi connectivity index (χ1v) is 7.96. The standard InChI is InChI=1S/C19H18N2O4/c1-12(17-20-16-11-7-6-10-15(16)18(22)21-17)25-19(23)13(2)24-14-8-4-3-5-9-14/h3-13H,1-2H3,(H,20,21,22)/t12-,13+/m1/s1. The van der Waals surface area contributed by atoms with Crippen LogP contribution in [0.3, 0.4) is 0 Å². The number of hydrogen-bond acceptors (Lipinski definition) is 5. The molecule has 0 fully saturated rings. The van der Waals surface area contributed by atoms with Gasteiger partial charge in [0.25, 0.3) is 5.56 Å². The molecule has 3 aromatic rings. The number of aromatic amines is 1. The van der Waals surface area contributed by atoms with Crippen molar-refractivity contribution in [1.82, 2.24) is 9.97 Å². The molecule has 0 bridgehead atoms. The van der Waals surface area contributed by atoms with E-state index < -0.39 is 18.2 Å². The van der Waals surface area contributed by atoms with Crippen molar-refractivity contribution in [3.8, 4) is 5.75 Å². The summed E-state index contributed by atoms with van der Waals surface area (Å²) in [7, 11) is 0. The first-order chi connectivity index (χ1) is 12.0. The van der Waals surface area contributed by atoms with Gasteiger partial charge in [-0.25, -0.2) is 9.78 Å². The average Bonchev–Trinajstić information content (AvgIpc) is 2.62. The van der Waals surface area contributed by atoms with E-state index in [9.17, 15) is 9.59 Å². The molecule has 128 valence electrons. The molecule has 0 spiro atoms. The highest BCUT2D eigenvalue weighted by Gasteiger charge is 2.21. The highest BCUT2D eigenvalue weighted by atomic mass is 16.6. The number of carbonyl (C=O) groups is 1. The van der Waals surface area contributed by atoms with E-state index in [0.29, 0.717) is 22.5 Å². The van der Waals surface area contributed by atoms with Crippen LogP contribution < -0.4 is 10.3 Å². The van der Waals surface area contributed by atoms with Crippen LogP contribution in [0.5, 0.6) is 5.75 Å². The van der Waals surface area contributed by atoms with Crippen molar-refractivity contribution >= 4 is 16.9 Å². The van der Waals surface area contributed by atoms with Gasteiger partial charge in [0.2, 0.25) is 0 Å². The Bertz CT molecular complexity index is 937. The van der Waals surface area contributed by atoms with Crippen LogP contribution >= 0.6 is 0 Å². The Kier molecular flexibility index (Phi) is 4.79. The van der Waals surface area contributed by atoms with Gasteiger partial charge >= 0.3 is 5.97 Å². The van der Waals surface area contributed by atoms with E-state index in [0.717, 1.165) is 0 Å². The molecule has 0 radical (unpaired) electrons. The van der Waals surface area contributed by atoms with E-state index in [2.05, 4.69) is 9.97 Å². The highest BCUT2D eigenvalue weighted by Crippen LogP contribution is 2.17. The van der Waals surface area contributed by atoms with Crippen LogP contribution in [0.4, 0.5) is 0 Å². The Morgan fingerprint density at radius 2 is 1.72 bits per heavy atom. The Balaban J connectivity index is 1.72. The topological polar surface area (TPSA) is 81.3 Å². The summed E-state index contributed by atoms with van der Waals surface area (Å²) in [6.07, 6.45) is -1.48. The van der Waals surface area contributed by atoms with Crippen molar-refractivity contribution in [2.75, 3.05) is 0 Å². The predicted octanol–water partition coefficient (Wildman–Crippen LogP) is 2.99. The number of nitrogens with zero attached hydrogens (tertiary/aromatic N) is 1. The molecule has 0 aliphatic heterocycles. The number of benzene rings is 2. The number of nitrogens with one attached hydrogen (secondary N) is 1. The van der Waals surface area contributed by atoms with Gasteiger partial charge in [0.1, 0.15) is 5.75 Å². The summed E-state index contributed by atoms with van der Waals surface area (Å²) in [5, 5.41) is 0.491. The van der Waals surface area contributed by atoms with Crippen LogP contribution in [-0.2, 0) is 9.53 Å². The van der Waals surface area contributed by atoms with Crippen molar-refractivity contribution in [3.05, 3.63) is 70.8 Å². The van der Waals surface area contributed by atoms with Crippen molar-refractivity contribution < 1.29 is 14.3 Å². The molecular formula is C19H18N2O4. The van der Waals surface area contributed by atoms with Crippen LogP contribution in [0.2, 0.25) is 0 Å². The van der Waals surface area contributed by atoms with Crippen LogP contribution in [0.15, 0.2) is 59.4 Å². The second-order valence-electron chi connectivity index (χ2n) is 5.62. The number of hydrogen-bond donors (Lipinski definition) is 1. The van der Waals surface area contributed by atoms with Crippen LogP contribution in [0.25, 0.3) is 10.9 Å². The Hall–Kier alpha value is -3.15. The summed E-state index contributed by atoms with van der Waals surface area (Å²) in [5.41, 5.74) is 0.287. The number of fused-ring (bicyclic) bond motifs is 1. The van der Waals surface area contributed by atoms with Gasteiger partial charge in [-0.3, -0.25) is 4.79 Å². The van der Waals surface area contributed by atoms with E-state index >= 15 is 0 Å². The number of carbonyl (C=O) groups excluding carboxylic acids is 1. The van der Waals surface area contributed by atoms with Gasteiger partial charge in [0, 0.05) is 0 Å². The van der Waals surface area contributed by atoms with Gasteiger partial charge < -0.3 is 14.5 Å². The molecule has 25 heavy (non-hydrogen) atoms. The minimum absolute atomic E-state index is 0.267. The second-order valence-corrected chi connectivity index (χ2v) is 5.62. The third kappa shape index (κ3) is 3.85. The summed E-state index contributed by atoms with van der Waals surface area (Å²) in [4.78, 5) is 31.3. The minimum Gasteiger partial charge on any atom is -0.479 e. The summed E-state index contributed by atoms with van der Waals surface area (Å²) >= 11 is 0. The van der Waals surface area contributed by atoms with Crippen molar-refractivity contribution in [3.63, 3.8) is 0 Å². The van der Waals surface area contributed by atoms with E-state index in [1.807, 2.05) is 18.2 Å². The molecule has 6 nitrogen and oxygen atoms in total. The molecule has 2 aromatic carbocycles. The Morgan fingerprint density at radius 3 is 2.48 bits per heavy atom. The van der Waals surface area contributed by atoms with Gasteiger partial charge in [-0.2, -0.15) is 0 Å². The predicted molar refractivity (Wildman–Crippen MR) is 93.4 cm³/mol. The maximum absolute atomic E-state index is 12.2. The lowest BCUT2D eigenvalue weighted by Gasteiger charge is -2.17. The number of ether oxygens (including phenoxy) is 2. The summed E-state index contributed by atoms with van der Waals surface area (Å²) < 4.78 is 10.9. The van der Waals surface area contributed by atoms with Gasteiger partial charge in [0.05, 0.1) is 10.9 Å². The maximum atomic E-state index is 12.2. The zero-order chi connectivity index (χ0) is 17.8.